The largest absolute Gasteiger partial charge is 0.397 e. The fraction of sp³-hybridized carbons (Fsp3) is 0. The highest BCUT2D eigenvalue weighted by molar-refractivity contribution is 6.30. The van der Waals surface area contributed by atoms with Crippen LogP contribution in [0.2, 0.25) is 5.02 Å². The molecule has 0 atom stereocenters. The quantitative estimate of drug-likeness (QED) is 0.805. The number of rotatable bonds is 1. The summed E-state index contributed by atoms with van der Waals surface area (Å²) in [7, 11) is 0. The number of pyridine rings is 1. The number of hydrogen-bond acceptors (Lipinski definition) is 2. The van der Waals surface area contributed by atoms with Crippen LogP contribution in [0.25, 0.3) is 11.1 Å². The van der Waals surface area contributed by atoms with E-state index in [1.165, 1.54) is 18.3 Å². The average molecular weight is 223 g/mol. The number of nitrogen functional groups attached to an aromatic ring is 1. The van der Waals surface area contributed by atoms with E-state index >= 15 is 0 Å². The minimum atomic E-state index is -0.341. The Labute approximate surface area is 91.5 Å². The van der Waals surface area contributed by atoms with Crippen LogP contribution in [0, 0.1) is 5.82 Å². The molecule has 0 saturated heterocycles. The molecule has 0 aliphatic carbocycles. The summed E-state index contributed by atoms with van der Waals surface area (Å²) in [5, 5.41) is 0.480. The molecule has 0 saturated carbocycles. The summed E-state index contributed by atoms with van der Waals surface area (Å²) in [6.45, 7) is 0. The first-order chi connectivity index (χ1) is 7.16. The van der Waals surface area contributed by atoms with Crippen LogP contribution >= 0.6 is 11.6 Å². The van der Waals surface area contributed by atoms with E-state index in [-0.39, 0.29) is 5.82 Å². The van der Waals surface area contributed by atoms with Gasteiger partial charge in [0.25, 0.3) is 0 Å². The number of anilines is 1. The molecule has 2 nitrogen and oxygen atoms in total. The number of nitrogens with two attached hydrogens (primary N) is 1. The molecule has 1 aromatic heterocycles. The first-order valence-corrected chi connectivity index (χ1v) is 4.70. The highest BCUT2D eigenvalue weighted by Gasteiger charge is 2.06. The monoisotopic (exact) mass is 222 g/mol. The lowest BCUT2D eigenvalue weighted by Gasteiger charge is -2.04. The Hall–Kier alpha value is -1.61. The molecule has 76 valence electrons. The van der Waals surface area contributed by atoms with Crippen molar-refractivity contribution in [1.29, 1.82) is 0 Å². The number of halogens is 2. The van der Waals surface area contributed by atoms with Gasteiger partial charge >= 0.3 is 0 Å². The molecule has 0 bridgehead atoms. The summed E-state index contributed by atoms with van der Waals surface area (Å²) >= 11 is 5.79. The molecule has 0 fully saturated rings. The van der Waals surface area contributed by atoms with Crippen molar-refractivity contribution in [3.05, 3.63) is 47.5 Å². The second-order valence-electron chi connectivity index (χ2n) is 3.13. The zero-order chi connectivity index (χ0) is 10.8. The SMILES string of the molecule is Nc1cncc(-c2cc(Cl)ccc2F)c1. The lowest BCUT2D eigenvalue weighted by molar-refractivity contribution is 0.631. The molecule has 4 heteroatoms. The zero-order valence-corrected chi connectivity index (χ0v) is 8.50. The standard InChI is InChI=1S/C11H8ClFN2/c12-8-1-2-11(13)10(4-8)7-3-9(14)6-15-5-7/h1-6H,14H2. The van der Waals surface area contributed by atoms with E-state index in [0.29, 0.717) is 21.8 Å². The third-order valence-electron chi connectivity index (χ3n) is 2.00. The topological polar surface area (TPSA) is 38.9 Å². The normalized spacial score (nSPS) is 10.3. The van der Waals surface area contributed by atoms with Gasteiger partial charge in [0.05, 0.1) is 5.69 Å². The zero-order valence-electron chi connectivity index (χ0n) is 7.74. The lowest BCUT2D eigenvalue weighted by Crippen LogP contribution is -1.89. The molecule has 15 heavy (non-hydrogen) atoms. The second-order valence-corrected chi connectivity index (χ2v) is 3.57. The Balaban J connectivity index is 2.58. The van der Waals surface area contributed by atoms with Crippen LogP contribution < -0.4 is 5.73 Å². The van der Waals surface area contributed by atoms with E-state index in [4.69, 9.17) is 17.3 Å². The molecule has 0 radical (unpaired) electrons. The smallest absolute Gasteiger partial charge is 0.131 e. The maximum Gasteiger partial charge on any atom is 0.131 e. The van der Waals surface area contributed by atoms with Gasteiger partial charge < -0.3 is 5.73 Å². The van der Waals surface area contributed by atoms with Gasteiger partial charge in [0.2, 0.25) is 0 Å². The molecule has 1 heterocycles. The number of nitrogens with zero attached hydrogens (tertiary/aromatic N) is 1. The average Bonchev–Trinajstić information content (AvgIpc) is 2.22. The summed E-state index contributed by atoms with van der Waals surface area (Å²) in [5.41, 5.74) is 7.08. The Morgan fingerprint density at radius 1 is 1.20 bits per heavy atom. The third kappa shape index (κ3) is 2.07. The molecule has 2 aromatic rings. The summed E-state index contributed by atoms with van der Waals surface area (Å²) in [4.78, 5) is 3.90. The summed E-state index contributed by atoms with van der Waals surface area (Å²) in [6, 6.07) is 6.02. The molecular formula is C11H8ClFN2. The van der Waals surface area contributed by atoms with Crippen LogP contribution in [-0.2, 0) is 0 Å². The fourth-order valence-electron chi connectivity index (χ4n) is 1.32. The minimum Gasteiger partial charge on any atom is -0.397 e. The highest BCUT2D eigenvalue weighted by Crippen LogP contribution is 2.26. The van der Waals surface area contributed by atoms with Crippen molar-refractivity contribution < 1.29 is 4.39 Å². The molecule has 0 aliphatic rings. The summed E-state index contributed by atoms with van der Waals surface area (Å²) < 4.78 is 13.5. The maximum absolute atomic E-state index is 13.5. The molecule has 0 spiro atoms. The number of aromatic nitrogens is 1. The Morgan fingerprint density at radius 2 is 2.00 bits per heavy atom. The van der Waals surface area contributed by atoms with E-state index in [1.807, 2.05) is 0 Å². The molecule has 1 aromatic carbocycles. The number of hydrogen-bond donors (Lipinski definition) is 1. The third-order valence-corrected chi connectivity index (χ3v) is 2.23. The van der Waals surface area contributed by atoms with E-state index in [0.717, 1.165) is 0 Å². The minimum absolute atomic E-state index is 0.341. The predicted octanol–water partition coefficient (Wildman–Crippen LogP) is 3.12. The van der Waals surface area contributed by atoms with E-state index < -0.39 is 0 Å². The van der Waals surface area contributed by atoms with Gasteiger partial charge in [-0.1, -0.05) is 11.6 Å². The van der Waals surface area contributed by atoms with Crippen molar-refractivity contribution in [1.82, 2.24) is 4.98 Å². The van der Waals surface area contributed by atoms with Gasteiger partial charge in [-0.15, -0.1) is 0 Å². The summed E-state index contributed by atoms with van der Waals surface area (Å²) in [6.07, 6.45) is 3.05. The van der Waals surface area contributed by atoms with Crippen LogP contribution in [0.4, 0.5) is 10.1 Å². The Morgan fingerprint density at radius 3 is 2.73 bits per heavy atom. The second kappa shape index (κ2) is 3.87. The Bertz CT molecular complexity index is 500. The highest BCUT2D eigenvalue weighted by atomic mass is 35.5. The van der Waals surface area contributed by atoms with Crippen LogP contribution in [0.5, 0.6) is 0 Å². The molecule has 2 N–H and O–H groups in total. The van der Waals surface area contributed by atoms with E-state index in [1.54, 1.807) is 18.3 Å². The lowest BCUT2D eigenvalue weighted by atomic mass is 10.1. The van der Waals surface area contributed by atoms with Crippen molar-refractivity contribution in [2.45, 2.75) is 0 Å². The van der Waals surface area contributed by atoms with Gasteiger partial charge in [0.1, 0.15) is 5.82 Å². The van der Waals surface area contributed by atoms with Crippen LogP contribution in [0.3, 0.4) is 0 Å². The van der Waals surface area contributed by atoms with Gasteiger partial charge in [0, 0.05) is 28.5 Å². The van der Waals surface area contributed by atoms with Gasteiger partial charge in [0.15, 0.2) is 0 Å². The first-order valence-electron chi connectivity index (χ1n) is 4.33. The van der Waals surface area contributed by atoms with Gasteiger partial charge in [-0.2, -0.15) is 0 Å². The molecule has 2 rings (SSSR count). The molecule has 0 unspecified atom stereocenters. The van der Waals surface area contributed by atoms with Crippen LogP contribution in [-0.4, -0.2) is 4.98 Å². The number of benzene rings is 1. The fourth-order valence-corrected chi connectivity index (χ4v) is 1.50. The molecule has 0 amide bonds. The van der Waals surface area contributed by atoms with E-state index in [2.05, 4.69) is 4.98 Å². The first kappa shape index (κ1) is 9.93. The van der Waals surface area contributed by atoms with E-state index in [9.17, 15) is 4.39 Å². The van der Waals surface area contributed by atoms with Gasteiger partial charge in [-0.05, 0) is 24.3 Å². The maximum atomic E-state index is 13.5. The Kier molecular flexibility index (Phi) is 2.56. The summed E-state index contributed by atoms with van der Waals surface area (Å²) in [5.74, 6) is -0.341. The van der Waals surface area contributed by atoms with Crippen molar-refractivity contribution >= 4 is 17.3 Å². The molecular weight excluding hydrogens is 215 g/mol. The van der Waals surface area contributed by atoms with Crippen molar-refractivity contribution in [3.8, 4) is 11.1 Å². The predicted molar refractivity (Wildman–Crippen MR) is 59.1 cm³/mol. The van der Waals surface area contributed by atoms with Crippen molar-refractivity contribution in [2.75, 3.05) is 5.73 Å². The van der Waals surface area contributed by atoms with Crippen LogP contribution in [0.15, 0.2) is 36.7 Å². The van der Waals surface area contributed by atoms with Gasteiger partial charge in [-0.3, -0.25) is 4.98 Å². The van der Waals surface area contributed by atoms with Crippen LogP contribution in [0.1, 0.15) is 0 Å². The molecule has 0 aliphatic heterocycles. The van der Waals surface area contributed by atoms with Crippen molar-refractivity contribution in [2.24, 2.45) is 0 Å². The van der Waals surface area contributed by atoms with Crippen molar-refractivity contribution in [3.63, 3.8) is 0 Å². The van der Waals surface area contributed by atoms with Gasteiger partial charge in [-0.25, -0.2) is 4.39 Å².